The first-order valence-corrected chi connectivity index (χ1v) is 9.99. The maximum Gasteiger partial charge on any atom is 0.213 e. The van der Waals surface area contributed by atoms with Gasteiger partial charge in [-0.1, -0.05) is 6.07 Å². The van der Waals surface area contributed by atoms with Crippen LogP contribution in [0.15, 0.2) is 67.3 Å². The van der Waals surface area contributed by atoms with Crippen molar-refractivity contribution >= 4 is 5.69 Å². The number of anilines is 1. The van der Waals surface area contributed by atoms with Crippen LogP contribution < -0.4 is 20.7 Å². The fourth-order valence-corrected chi connectivity index (χ4v) is 2.27. The van der Waals surface area contributed by atoms with Crippen LogP contribution in [-0.2, 0) is 12.8 Å². The molecule has 0 radical (unpaired) electrons. The van der Waals surface area contributed by atoms with Gasteiger partial charge in [0.05, 0.1) is 19.0 Å². The number of aromatic nitrogens is 3. The van der Waals surface area contributed by atoms with E-state index in [1.807, 2.05) is 82.2 Å². The van der Waals surface area contributed by atoms with E-state index in [1.165, 1.54) is 5.56 Å². The zero-order valence-electron chi connectivity index (χ0n) is 18.4. The van der Waals surface area contributed by atoms with E-state index in [9.17, 15) is 0 Å². The number of likely N-dealkylation sites (N-methyl/N-ethyl adjacent to an activating group) is 2. The van der Waals surface area contributed by atoms with E-state index in [1.54, 1.807) is 13.3 Å². The Labute approximate surface area is 180 Å². The number of pyridine rings is 3. The fourth-order valence-electron chi connectivity index (χ4n) is 2.27. The Kier molecular flexibility index (Phi) is 14.1. The molecule has 0 fully saturated rings. The van der Waals surface area contributed by atoms with Gasteiger partial charge in [0.1, 0.15) is 0 Å². The van der Waals surface area contributed by atoms with Gasteiger partial charge in [0.2, 0.25) is 5.88 Å². The molecule has 0 bridgehead atoms. The lowest BCUT2D eigenvalue weighted by atomic mass is 10.2. The normalized spacial score (nSPS) is 9.47. The summed E-state index contributed by atoms with van der Waals surface area (Å²) in [6.07, 6.45) is 9.29. The minimum atomic E-state index is 0.638. The van der Waals surface area contributed by atoms with Crippen LogP contribution in [0.5, 0.6) is 5.88 Å². The van der Waals surface area contributed by atoms with E-state index < -0.39 is 0 Å². The number of ether oxygens (including phenoxy) is 1. The number of hydrogen-bond acceptors (Lipinski definition) is 7. The highest BCUT2D eigenvalue weighted by molar-refractivity contribution is 5.40. The molecule has 0 amide bonds. The second-order valence-corrected chi connectivity index (χ2v) is 6.22. The van der Waals surface area contributed by atoms with Gasteiger partial charge in [-0.3, -0.25) is 9.97 Å². The van der Waals surface area contributed by atoms with E-state index >= 15 is 0 Å². The van der Waals surface area contributed by atoms with Gasteiger partial charge in [0, 0.05) is 50.4 Å². The number of nitrogens with one attached hydrogen (secondary N) is 3. The topological polar surface area (TPSA) is 84.0 Å². The van der Waals surface area contributed by atoms with Crippen molar-refractivity contribution in [2.24, 2.45) is 0 Å². The molecule has 0 aromatic carbocycles. The maximum atomic E-state index is 4.87. The molecule has 0 aliphatic carbocycles. The van der Waals surface area contributed by atoms with Gasteiger partial charge in [0.25, 0.3) is 0 Å². The summed E-state index contributed by atoms with van der Waals surface area (Å²) in [5.74, 6) is 0.638. The van der Waals surface area contributed by atoms with Crippen molar-refractivity contribution in [3.05, 3.63) is 78.5 Å². The summed E-state index contributed by atoms with van der Waals surface area (Å²) in [5.41, 5.74) is 3.47. The van der Waals surface area contributed by atoms with Crippen LogP contribution >= 0.6 is 0 Å². The molecule has 3 rings (SSSR count). The third kappa shape index (κ3) is 11.7. The van der Waals surface area contributed by atoms with E-state index in [-0.39, 0.29) is 0 Å². The summed E-state index contributed by atoms with van der Waals surface area (Å²) >= 11 is 0. The highest BCUT2D eigenvalue weighted by Gasteiger charge is 1.90. The molecule has 7 nitrogen and oxygen atoms in total. The van der Waals surface area contributed by atoms with Gasteiger partial charge >= 0.3 is 0 Å². The van der Waals surface area contributed by atoms with Gasteiger partial charge in [-0.15, -0.1) is 0 Å². The molecule has 0 aliphatic heterocycles. The molecule has 162 valence electrons. The lowest BCUT2D eigenvalue weighted by Crippen LogP contribution is -2.10. The number of hydrogen-bond donors (Lipinski definition) is 3. The number of methoxy groups -OCH3 is 1. The van der Waals surface area contributed by atoms with E-state index in [0.717, 1.165) is 37.3 Å². The molecule has 30 heavy (non-hydrogen) atoms. The van der Waals surface area contributed by atoms with Crippen molar-refractivity contribution in [2.45, 2.75) is 12.8 Å². The molecule has 0 saturated heterocycles. The van der Waals surface area contributed by atoms with Gasteiger partial charge in [-0.2, -0.15) is 0 Å². The van der Waals surface area contributed by atoms with Crippen LogP contribution in [0.1, 0.15) is 11.3 Å². The van der Waals surface area contributed by atoms with Crippen molar-refractivity contribution in [2.75, 3.05) is 46.7 Å². The van der Waals surface area contributed by atoms with E-state index in [0.29, 0.717) is 5.88 Å². The predicted molar refractivity (Wildman–Crippen MR) is 124 cm³/mol. The van der Waals surface area contributed by atoms with Crippen molar-refractivity contribution in [1.82, 2.24) is 25.6 Å². The van der Waals surface area contributed by atoms with E-state index in [2.05, 4.69) is 30.9 Å². The summed E-state index contributed by atoms with van der Waals surface area (Å²) in [7, 11) is 7.36. The Balaban J connectivity index is 0.000000225. The van der Waals surface area contributed by atoms with Crippen molar-refractivity contribution < 1.29 is 4.74 Å². The molecule has 7 heteroatoms. The van der Waals surface area contributed by atoms with Gasteiger partial charge in [-0.25, -0.2) is 4.98 Å². The molecular formula is C23H34N6O. The third-order valence-corrected chi connectivity index (χ3v) is 4.00. The average Bonchev–Trinajstić information content (AvgIpc) is 2.83. The monoisotopic (exact) mass is 410 g/mol. The summed E-state index contributed by atoms with van der Waals surface area (Å²) < 4.78 is 4.87. The molecule has 0 aliphatic rings. The molecule has 3 aromatic rings. The Hall–Kier alpha value is -3.03. The summed E-state index contributed by atoms with van der Waals surface area (Å²) in [5, 5.41) is 9.13. The Morgan fingerprint density at radius 2 is 1.53 bits per heavy atom. The SMILES string of the molecule is CNCCc1ccccn1.CNCCc1ccncc1.CNc1ccc(OC)nc1. The quantitative estimate of drug-likeness (QED) is 0.527. The number of nitrogens with zero attached hydrogens (tertiary/aromatic N) is 3. The minimum absolute atomic E-state index is 0.638. The Morgan fingerprint density at radius 1 is 0.800 bits per heavy atom. The van der Waals surface area contributed by atoms with Crippen LogP contribution in [0.4, 0.5) is 5.69 Å². The first-order valence-electron chi connectivity index (χ1n) is 9.99. The summed E-state index contributed by atoms with van der Waals surface area (Å²) in [4.78, 5) is 12.1. The second-order valence-electron chi connectivity index (χ2n) is 6.22. The zero-order chi connectivity index (χ0) is 21.9. The fraction of sp³-hybridized carbons (Fsp3) is 0.348. The molecule has 0 atom stereocenters. The molecule has 3 heterocycles. The molecule has 3 N–H and O–H groups in total. The average molecular weight is 411 g/mol. The Bertz CT molecular complexity index is 687. The van der Waals surface area contributed by atoms with Crippen molar-refractivity contribution in [3.8, 4) is 5.88 Å². The van der Waals surface area contributed by atoms with Crippen LogP contribution in [0.3, 0.4) is 0 Å². The largest absolute Gasteiger partial charge is 0.481 e. The molecule has 0 spiro atoms. The third-order valence-electron chi connectivity index (χ3n) is 4.00. The smallest absolute Gasteiger partial charge is 0.213 e. The predicted octanol–water partition coefficient (Wildman–Crippen LogP) is 2.82. The van der Waals surface area contributed by atoms with Gasteiger partial charge < -0.3 is 20.7 Å². The highest BCUT2D eigenvalue weighted by atomic mass is 16.5. The minimum Gasteiger partial charge on any atom is -0.481 e. The first kappa shape index (κ1) is 25.0. The molecule has 3 aromatic heterocycles. The molecular weight excluding hydrogens is 376 g/mol. The second kappa shape index (κ2) is 16.9. The highest BCUT2D eigenvalue weighted by Crippen LogP contribution is 2.09. The zero-order valence-corrected chi connectivity index (χ0v) is 18.4. The van der Waals surface area contributed by atoms with Crippen LogP contribution in [-0.4, -0.2) is 56.3 Å². The van der Waals surface area contributed by atoms with Crippen LogP contribution in [0, 0.1) is 0 Å². The van der Waals surface area contributed by atoms with Gasteiger partial charge in [0.15, 0.2) is 0 Å². The molecule has 0 unspecified atom stereocenters. The van der Waals surface area contributed by atoms with Crippen molar-refractivity contribution in [3.63, 3.8) is 0 Å². The lowest BCUT2D eigenvalue weighted by Gasteiger charge is -1.99. The summed E-state index contributed by atoms with van der Waals surface area (Å²) in [6.45, 7) is 2.03. The van der Waals surface area contributed by atoms with Gasteiger partial charge in [-0.05, 0) is 63.0 Å². The van der Waals surface area contributed by atoms with Crippen LogP contribution in [0.25, 0.3) is 0 Å². The Morgan fingerprint density at radius 3 is 2.07 bits per heavy atom. The maximum absolute atomic E-state index is 4.87. The van der Waals surface area contributed by atoms with Crippen LogP contribution in [0.2, 0.25) is 0 Å². The summed E-state index contributed by atoms with van der Waals surface area (Å²) in [6, 6.07) is 13.8. The standard InChI is InChI=1S/2C8H12N2.C7H10N2O/c1-9-5-2-8-3-6-10-7-4-8;1-9-7-5-8-4-2-3-6-10-8;1-8-6-3-4-7(10-2)9-5-6/h3-4,6-7,9H,2,5H2,1H3;2-4,6,9H,5,7H2,1H3;3-5,8H,1-2H3. The number of rotatable bonds is 8. The lowest BCUT2D eigenvalue weighted by molar-refractivity contribution is 0.398. The first-order chi connectivity index (χ1) is 14.7. The van der Waals surface area contributed by atoms with E-state index in [4.69, 9.17) is 4.74 Å². The molecule has 0 saturated carbocycles. The van der Waals surface area contributed by atoms with Crippen molar-refractivity contribution in [1.29, 1.82) is 0 Å².